The third kappa shape index (κ3) is 9.09. The number of carbonyl (C=O) groups is 2. The van der Waals surface area contributed by atoms with E-state index in [1.807, 2.05) is 43.3 Å². The van der Waals surface area contributed by atoms with E-state index in [4.69, 9.17) is 16.3 Å². The number of benzene rings is 4. The fourth-order valence-corrected chi connectivity index (χ4v) is 6.54. The second-order valence-corrected chi connectivity index (χ2v) is 12.8. The summed E-state index contributed by atoms with van der Waals surface area (Å²) in [5.74, 6) is -0.321. The number of hydrogen-bond acceptors (Lipinski definition) is 5. The lowest BCUT2D eigenvalue weighted by molar-refractivity contribution is -0.140. The van der Waals surface area contributed by atoms with Gasteiger partial charge in [-0.15, -0.1) is 0 Å². The van der Waals surface area contributed by atoms with Gasteiger partial charge in [0, 0.05) is 24.5 Å². The van der Waals surface area contributed by atoms with Gasteiger partial charge in [-0.25, -0.2) is 8.42 Å². The van der Waals surface area contributed by atoms with E-state index >= 15 is 0 Å². The summed E-state index contributed by atoms with van der Waals surface area (Å²) in [6, 6.07) is 30.0. The summed E-state index contributed by atoms with van der Waals surface area (Å²) < 4.78 is 34.4. The van der Waals surface area contributed by atoms with Gasteiger partial charge in [-0.1, -0.05) is 85.6 Å². The van der Waals surface area contributed by atoms with Gasteiger partial charge in [0.05, 0.1) is 17.7 Å². The van der Waals surface area contributed by atoms with Crippen LogP contribution in [0.2, 0.25) is 5.02 Å². The maximum atomic E-state index is 14.5. The van der Waals surface area contributed by atoms with Crippen molar-refractivity contribution in [1.82, 2.24) is 10.2 Å². The molecule has 45 heavy (non-hydrogen) atoms. The van der Waals surface area contributed by atoms with Gasteiger partial charge < -0.3 is 15.0 Å². The van der Waals surface area contributed by atoms with Crippen molar-refractivity contribution >= 4 is 39.1 Å². The number of carbonyl (C=O) groups excluding carboxylic acids is 2. The van der Waals surface area contributed by atoms with E-state index in [0.717, 1.165) is 22.7 Å². The van der Waals surface area contributed by atoms with Crippen LogP contribution in [0.25, 0.3) is 0 Å². The number of halogens is 1. The number of hydrogen-bond donors (Lipinski definition) is 1. The van der Waals surface area contributed by atoms with Crippen molar-refractivity contribution in [1.29, 1.82) is 0 Å². The second kappa shape index (κ2) is 16.1. The van der Waals surface area contributed by atoms with Gasteiger partial charge >= 0.3 is 0 Å². The summed E-state index contributed by atoms with van der Waals surface area (Å²) in [5.41, 5.74) is 1.85. The van der Waals surface area contributed by atoms with Crippen LogP contribution < -0.4 is 14.4 Å². The fourth-order valence-electron chi connectivity index (χ4n) is 4.89. The molecule has 0 fully saturated rings. The Morgan fingerprint density at radius 3 is 2.13 bits per heavy atom. The Labute approximate surface area is 270 Å². The zero-order valence-corrected chi connectivity index (χ0v) is 27.0. The monoisotopic (exact) mass is 647 g/mol. The molecule has 0 saturated heterocycles. The predicted molar refractivity (Wildman–Crippen MR) is 178 cm³/mol. The number of unbranched alkanes of at least 4 members (excludes halogenated alkanes) is 1. The van der Waals surface area contributed by atoms with Gasteiger partial charge in [0.15, 0.2) is 0 Å². The van der Waals surface area contributed by atoms with E-state index in [9.17, 15) is 18.0 Å². The molecule has 0 aliphatic heterocycles. The predicted octanol–water partition coefficient (Wildman–Crippen LogP) is 6.10. The fraction of sp³-hybridized carbons (Fsp3) is 0.257. The minimum absolute atomic E-state index is 0.0353. The van der Waals surface area contributed by atoms with Crippen LogP contribution in [0.15, 0.2) is 114 Å². The molecule has 0 bridgehead atoms. The van der Waals surface area contributed by atoms with Crippen LogP contribution >= 0.6 is 11.6 Å². The van der Waals surface area contributed by atoms with Gasteiger partial charge in [0.25, 0.3) is 10.0 Å². The minimum atomic E-state index is -4.18. The van der Waals surface area contributed by atoms with Crippen molar-refractivity contribution in [2.75, 3.05) is 24.5 Å². The molecule has 1 N–H and O–H groups in total. The van der Waals surface area contributed by atoms with Crippen LogP contribution in [0, 0.1) is 0 Å². The SMILES string of the molecule is CCCCNC(=O)[C@H](Cc1ccccc1)N(Cc1cccc(Cl)c1)C(=O)CN(c1ccc(OC)cc1)S(=O)(=O)c1ccccc1. The molecular weight excluding hydrogens is 610 g/mol. The zero-order valence-electron chi connectivity index (χ0n) is 25.4. The van der Waals surface area contributed by atoms with Gasteiger partial charge in [-0.3, -0.25) is 13.9 Å². The Balaban J connectivity index is 1.78. The zero-order chi connectivity index (χ0) is 32.2. The van der Waals surface area contributed by atoms with E-state index in [0.29, 0.717) is 22.9 Å². The summed E-state index contributed by atoms with van der Waals surface area (Å²) in [4.78, 5) is 29.7. The van der Waals surface area contributed by atoms with Crippen molar-refractivity contribution in [3.63, 3.8) is 0 Å². The molecule has 4 aromatic carbocycles. The number of nitrogens with one attached hydrogen (secondary N) is 1. The number of ether oxygens (including phenoxy) is 1. The molecule has 0 radical (unpaired) electrons. The van der Waals surface area contributed by atoms with E-state index in [1.54, 1.807) is 60.7 Å². The molecule has 10 heteroatoms. The van der Waals surface area contributed by atoms with Crippen molar-refractivity contribution in [2.45, 2.75) is 43.7 Å². The average Bonchev–Trinajstić information content (AvgIpc) is 3.06. The molecule has 0 aliphatic rings. The summed E-state index contributed by atoms with van der Waals surface area (Å²) in [6.45, 7) is 1.99. The lowest BCUT2D eigenvalue weighted by atomic mass is 10.0. The number of nitrogens with zero attached hydrogens (tertiary/aromatic N) is 2. The number of sulfonamides is 1. The number of methoxy groups -OCH3 is 1. The summed E-state index contributed by atoms with van der Waals surface area (Å²) in [7, 11) is -2.66. The van der Waals surface area contributed by atoms with Gasteiger partial charge in [-0.2, -0.15) is 0 Å². The van der Waals surface area contributed by atoms with Crippen molar-refractivity contribution < 1.29 is 22.7 Å². The molecule has 0 aromatic heterocycles. The normalized spacial score (nSPS) is 11.8. The first kappa shape index (κ1) is 33.6. The highest BCUT2D eigenvalue weighted by Crippen LogP contribution is 2.27. The van der Waals surface area contributed by atoms with E-state index in [2.05, 4.69) is 5.32 Å². The van der Waals surface area contributed by atoms with Crippen LogP contribution in [0.1, 0.15) is 30.9 Å². The molecule has 8 nitrogen and oxygen atoms in total. The summed E-state index contributed by atoms with van der Waals surface area (Å²) in [6.07, 6.45) is 1.91. The Kier molecular flexibility index (Phi) is 12.0. The molecule has 236 valence electrons. The van der Waals surface area contributed by atoms with Crippen molar-refractivity contribution in [3.05, 3.63) is 125 Å². The van der Waals surface area contributed by atoms with Crippen LogP contribution in [0.4, 0.5) is 5.69 Å². The molecule has 1 atom stereocenters. The third-order valence-corrected chi connectivity index (χ3v) is 9.34. The number of rotatable bonds is 15. The Morgan fingerprint density at radius 1 is 0.867 bits per heavy atom. The topological polar surface area (TPSA) is 96.0 Å². The maximum absolute atomic E-state index is 14.5. The Bertz CT molecular complexity index is 1650. The molecule has 0 heterocycles. The highest BCUT2D eigenvalue weighted by atomic mass is 35.5. The molecule has 2 amide bonds. The molecule has 0 unspecified atom stereocenters. The van der Waals surface area contributed by atoms with Gasteiger partial charge in [0.2, 0.25) is 11.8 Å². The summed E-state index contributed by atoms with van der Waals surface area (Å²) in [5, 5.41) is 3.47. The standard InChI is InChI=1S/C35H38ClN3O5S/c1-3-4-22-37-35(41)33(24-27-12-7-5-8-13-27)38(25-28-14-11-15-29(36)23-28)34(40)26-39(30-18-20-31(44-2)21-19-30)45(42,43)32-16-9-6-10-17-32/h5-21,23,33H,3-4,22,24-26H2,1-2H3,(H,37,41)/t33-/m0/s1. The first-order valence-corrected chi connectivity index (χ1v) is 16.6. The molecule has 4 rings (SSSR count). The largest absolute Gasteiger partial charge is 0.497 e. The number of amides is 2. The van der Waals surface area contributed by atoms with Crippen LogP contribution in [0.3, 0.4) is 0 Å². The van der Waals surface area contributed by atoms with Crippen LogP contribution in [0.5, 0.6) is 5.75 Å². The van der Waals surface area contributed by atoms with Crippen LogP contribution in [-0.2, 0) is 32.6 Å². The minimum Gasteiger partial charge on any atom is -0.497 e. The van der Waals surface area contributed by atoms with E-state index < -0.39 is 28.5 Å². The van der Waals surface area contributed by atoms with Crippen molar-refractivity contribution in [3.8, 4) is 5.75 Å². The highest BCUT2D eigenvalue weighted by Gasteiger charge is 2.34. The first-order valence-electron chi connectivity index (χ1n) is 14.8. The third-order valence-electron chi connectivity index (χ3n) is 7.31. The van der Waals surface area contributed by atoms with Crippen LogP contribution in [-0.4, -0.2) is 51.4 Å². The average molecular weight is 648 g/mol. The highest BCUT2D eigenvalue weighted by molar-refractivity contribution is 7.92. The first-order chi connectivity index (χ1) is 21.7. The maximum Gasteiger partial charge on any atom is 0.264 e. The smallest absolute Gasteiger partial charge is 0.264 e. The molecule has 0 saturated carbocycles. The Morgan fingerprint density at radius 2 is 1.51 bits per heavy atom. The lowest BCUT2D eigenvalue weighted by Gasteiger charge is -2.34. The summed E-state index contributed by atoms with van der Waals surface area (Å²) >= 11 is 6.30. The molecular formula is C35H38ClN3O5S. The second-order valence-electron chi connectivity index (χ2n) is 10.5. The van der Waals surface area contributed by atoms with E-state index in [1.165, 1.54) is 24.1 Å². The molecule has 0 spiro atoms. The molecule has 0 aliphatic carbocycles. The van der Waals surface area contributed by atoms with Gasteiger partial charge in [0.1, 0.15) is 18.3 Å². The van der Waals surface area contributed by atoms with E-state index in [-0.39, 0.29) is 29.5 Å². The molecule has 4 aromatic rings. The Hall–Kier alpha value is -4.34. The van der Waals surface area contributed by atoms with Crippen molar-refractivity contribution in [2.24, 2.45) is 0 Å². The van der Waals surface area contributed by atoms with Gasteiger partial charge in [-0.05, 0) is 66.1 Å². The quantitative estimate of drug-likeness (QED) is 0.157. The lowest BCUT2D eigenvalue weighted by Crippen LogP contribution is -2.53. The number of anilines is 1.